The van der Waals surface area contributed by atoms with E-state index in [-0.39, 0.29) is 0 Å². The third-order valence-corrected chi connectivity index (χ3v) is 16.1. The first kappa shape index (κ1) is 41.9. The summed E-state index contributed by atoms with van der Waals surface area (Å²) in [4.78, 5) is 3.78. The van der Waals surface area contributed by atoms with E-state index in [4.69, 9.17) is 0 Å². The van der Waals surface area contributed by atoms with Crippen molar-refractivity contribution >= 4 is 60.3 Å². The predicted octanol–water partition coefficient (Wildman–Crippen LogP) is 18.8. The summed E-state index contributed by atoms with van der Waals surface area (Å²) < 4.78 is 3.69. The zero-order valence-electron chi connectivity index (χ0n) is 39.4. The Morgan fingerprint density at radius 3 is 1.42 bits per heavy atom. The van der Waals surface area contributed by atoms with Crippen LogP contribution in [0.15, 0.2) is 279 Å². The topological polar surface area (TPSA) is 8.17 Å². The van der Waals surface area contributed by atoms with Crippen molar-refractivity contribution in [1.82, 2.24) is 4.57 Å². The number of para-hydroxylation sites is 2. The molecule has 13 aromatic rings. The van der Waals surface area contributed by atoms with Gasteiger partial charge in [0.15, 0.2) is 0 Å². The van der Waals surface area contributed by atoms with Crippen LogP contribution in [0.4, 0.5) is 17.1 Å². The molecule has 0 N–H and O–H groups in total. The van der Waals surface area contributed by atoms with E-state index in [0.717, 1.165) is 22.7 Å². The number of aromatic nitrogens is 1. The van der Waals surface area contributed by atoms with Crippen LogP contribution in [0.5, 0.6) is 0 Å². The van der Waals surface area contributed by atoms with Gasteiger partial charge in [0.1, 0.15) is 0 Å². The molecule has 14 rings (SSSR count). The first-order chi connectivity index (χ1) is 35.7. The van der Waals surface area contributed by atoms with Crippen LogP contribution >= 0.6 is 11.3 Å². The van der Waals surface area contributed by atoms with Crippen LogP contribution in [0.3, 0.4) is 0 Å². The van der Waals surface area contributed by atoms with Crippen molar-refractivity contribution in [3.8, 4) is 49.5 Å². The van der Waals surface area contributed by atoms with Gasteiger partial charge >= 0.3 is 0 Å². The van der Waals surface area contributed by atoms with Crippen molar-refractivity contribution in [2.45, 2.75) is 5.41 Å². The lowest BCUT2D eigenvalue weighted by Gasteiger charge is -2.35. The van der Waals surface area contributed by atoms with Crippen LogP contribution in [-0.2, 0) is 5.41 Å². The summed E-state index contributed by atoms with van der Waals surface area (Å²) >= 11 is 1.91. The minimum atomic E-state index is -0.545. The first-order valence-corrected chi connectivity index (χ1v) is 25.6. The standard InChI is InChI=1S/C69H46N2S/c1-5-17-47(18-6-1)48-29-31-49(32-30-48)50-33-38-56(39-34-50)70(57-40-35-51(36-41-57)52-37-44-65-62(45-52)59-25-13-15-27-64(59)71(65)55-23-11-4-12-24-55)58-42-43-60-63(46-58)69(53-19-7-2-8-20-53,54-21-9-3-10-22-54)67-61-26-14-16-28-66(61)72-68(60)67/h1-46H. The van der Waals surface area contributed by atoms with Gasteiger partial charge < -0.3 is 9.47 Å². The molecule has 0 saturated heterocycles. The van der Waals surface area contributed by atoms with Gasteiger partial charge in [0, 0.05) is 43.1 Å². The monoisotopic (exact) mass is 934 g/mol. The average Bonchev–Trinajstić information content (AvgIpc) is 4.10. The summed E-state index contributed by atoms with van der Waals surface area (Å²) in [6, 6.07) is 103. The molecule has 0 atom stereocenters. The molecule has 0 fully saturated rings. The van der Waals surface area contributed by atoms with Crippen LogP contribution in [0, 0.1) is 0 Å². The zero-order chi connectivity index (χ0) is 47.6. The summed E-state index contributed by atoms with van der Waals surface area (Å²) in [6.45, 7) is 0. The molecular weight excluding hydrogens is 889 g/mol. The van der Waals surface area contributed by atoms with Crippen molar-refractivity contribution in [3.05, 3.63) is 301 Å². The van der Waals surface area contributed by atoms with Gasteiger partial charge in [0.25, 0.3) is 0 Å². The number of anilines is 3. The minimum Gasteiger partial charge on any atom is -0.310 e. The highest BCUT2D eigenvalue weighted by atomic mass is 32.1. The van der Waals surface area contributed by atoms with Gasteiger partial charge in [0.2, 0.25) is 0 Å². The van der Waals surface area contributed by atoms with E-state index in [9.17, 15) is 0 Å². The maximum Gasteiger partial charge on any atom is 0.0728 e. The van der Waals surface area contributed by atoms with E-state index in [0.29, 0.717) is 0 Å². The van der Waals surface area contributed by atoms with Crippen molar-refractivity contribution < 1.29 is 0 Å². The molecular formula is C69H46N2S. The molecule has 0 unspecified atom stereocenters. The van der Waals surface area contributed by atoms with Crippen LogP contribution in [0.2, 0.25) is 0 Å². The normalized spacial score (nSPS) is 12.6. The molecule has 0 radical (unpaired) electrons. The van der Waals surface area contributed by atoms with Gasteiger partial charge in [-0.2, -0.15) is 0 Å². The number of benzene rings is 11. The van der Waals surface area contributed by atoms with Crippen molar-refractivity contribution in [3.63, 3.8) is 0 Å². The van der Waals surface area contributed by atoms with Crippen LogP contribution in [-0.4, -0.2) is 4.57 Å². The largest absolute Gasteiger partial charge is 0.310 e. The molecule has 0 spiro atoms. The smallest absolute Gasteiger partial charge is 0.0728 e. The van der Waals surface area contributed by atoms with Crippen LogP contribution in [0.25, 0.3) is 81.4 Å². The maximum atomic E-state index is 2.48. The average molecular weight is 935 g/mol. The Bertz CT molecular complexity index is 4060. The second kappa shape index (κ2) is 17.1. The van der Waals surface area contributed by atoms with E-state index < -0.39 is 5.41 Å². The Morgan fingerprint density at radius 1 is 0.333 bits per heavy atom. The number of nitrogens with zero attached hydrogens (tertiary/aromatic N) is 2. The Kier molecular flexibility index (Phi) is 9.97. The second-order valence-corrected chi connectivity index (χ2v) is 19.9. The molecule has 2 aromatic heterocycles. The molecule has 0 aliphatic heterocycles. The molecule has 11 aromatic carbocycles. The second-order valence-electron chi connectivity index (χ2n) is 18.8. The third kappa shape index (κ3) is 6.70. The van der Waals surface area contributed by atoms with Gasteiger partial charge in [-0.3, -0.25) is 0 Å². The van der Waals surface area contributed by atoms with Crippen molar-refractivity contribution in [2.75, 3.05) is 4.90 Å². The van der Waals surface area contributed by atoms with Gasteiger partial charge in [-0.05, 0) is 139 Å². The third-order valence-electron chi connectivity index (χ3n) is 14.9. The Labute approximate surface area is 423 Å². The molecule has 0 saturated carbocycles. The summed E-state index contributed by atoms with van der Waals surface area (Å²) in [5.41, 5.74) is 19.9. The fraction of sp³-hybridized carbons (Fsp3) is 0.0145. The quantitative estimate of drug-likeness (QED) is 0.140. The van der Waals surface area contributed by atoms with E-state index >= 15 is 0 Å². The van der Waals surface area contributed by atoms with Crippen LogP contribution in [0.1, 0.15) is 22.3 Å². The number of rotatable bonds is 9. The predicted molar refractivity (Wildman–Crippen MR) is 304 cm³/mol. The summed E-state index contributed by atoms with van der Waals surface area (Å²) in [5, 5.41) is 3.80. The lowest BCUT2D eigenvalue weighted by molar-refractivity contribution is 0.776. The highest BCUT2D eigenvalue weighted by Crippen LogP contribution is 2.61. The summed E-state index contributed by atoms with van der Waals surface area (Å²) in [6.07, 6.45) is 0. The van der Waals surface area contributed by atoms with E-state index in [2.05, 4.69) is 289 Å². The molecule has 338 valence electrons. The number of hydrogen-bond donors (Lipinski definition) is 0. The number of thiophene rings is 1. The highest BCUT2D eigenvalue weighted by Gasteiger charge is 2.48. The van der Waals surface area contributed by atoms with Gasteiger partial charge in [0.05, 0.1) is 16.4 Å². The van der Waals surface area contributed by atoms with Gasteiger partial charge in [-0.1, -0.05) is 206 Å². The Balaban J connectivity index is 0.921. The van der Waals surface area contributed by atoms with Crippen molar-refractivity contribution in [1.29, 1.82) is 0 Å². The van der Waals surface area contributed by atoms with Crippen molar-refractivity contribution in [2.24, 2.45) is 0 Å². The lowest BCUT2D eigenvalue weighted by Crippen LogP contribution is -2.28. The zero-order valence-corrected chi connectivity index (χ0v) is 40.2. The number of fused-ring (bicyclic) bond motifs is 8. The minimum absolute atomic E-state index is 0.545. The van der Waals surface area contributed by atoms with Crippen LogP contribution < -0.4 is 4.90 Å². The van der Waals surface area contributed by atoms with Gasteiger partial charge in [-0.25, -0.2) is 0 Å². The molecule has 0 bridgehead atoms. The Morgan fingerprint density at radius 2 is 0.792 bits per heavy atom. The number of hydrogen-bond acceptors (Lipinski definition) is 2. The molecule has 72 heavy (non-hydrogen) atoms. The first-order valence-electron chi connectivity index (χ1n) is 24.7. The molecule has 0 amide bonds. The maximum absolute atomic E-state index is 2.48. The Hall–Kier alpha value is -9.02. The molecule has 1 aliphatic carbocycles. The SMILES string of the molecule is c1ccc(-c2ccc(-c3ccc(N(c4ccc(-c5ccc6c(c5)c5ccccc5n6-c5ccccc5)cc4)c4ccc5c(c4)C(c4ccccc4)(c4ccccc4)c4c-5sc5ccccc45)cc3)cc2)cc1. The van der Waals surface area contributed by atoms with E-state index in [1.807, 2.05) is 11.3 Å². The fourth-order valence-electron chi connectivity index (χ4n) is 11.6. The van der Waals surface area contributed by atoms with E-state index in [1.165, 1.54) is 98.0 Å². The molecule has 2 heterocycles. The summed E-state index contributed by atoms with van der Waals surface area (Å²) in [5.74, 6) is 0. The molecule has 2 nitrogen and oxygen atoms in total. The fourth-order valence-corrected chi connectivity index (χ4v) is 12.9. The molecule has 1 aliphatic rings. The summed E-state index contributed by atoms with van der Waals surface area (Å²) in [7, 11) is 0. The molecule has 3 heteroatoms. The lowest BCUT2D eigenvalue weighted by atomic mass is 9.67. The highest BCUT2D eigenvalue weighted by molar-refractivity contribution is 7.22. The van der Waals surface area contributed by atoms with E-state index in [1.54, 1.807) is 0 Å². The van der Waals surface area contributed by atoms with Gasteiger partial charge in [-0.15, -0.1) is 11.3 Å².